The largest absolute Gasteiger partial charge is 1.00 e. The van der Waals surface area contributed by atoms with Gasteiger partial charge in [-0.25, -0.2) is 9.65 Å². The molecule has 230 valence electrons. The van der Waals surface area contributed by atoms with Gasteiger partial charge in [-0.2, -0.15) is 0 Å². The zero-order valence-electron chi connectivity index (χ0n) is 24.8. The van der Waals surface area contributed by atoms with Crippen molar-refractivity contribution < 1.29 is 94.7 Å². The molecule has 2 aromatic rings. The summed E-state index contributed by atoms with van der Waals surface area (Å²) in [5.41, 5.74) is 1.49. The number of nitrogens with one attached hydrogen (secondary N) is 3. The number of ether oxygens (including phenoxy) is 1. The number of carboxylic acid groups (broad SMARTS) is 1. The van der Waals surface area contributed by atoms with Gasteiger partial charge in [0, 0.05) is 6.42 Å². The van der Waals surface area contributed by atoms with Crippen LogP contribution in [-0.2, 0) is 36.4 Å². The monoisotopic (exact) mass is 644 g/mol. The van der Waals surface area contributed by atoms with Gasteiger partial charge in [-0.1, -0.05) is 62.7 Å². The maximum atomic E-state index is 13.2. The van der Waals surface area contributed by atoms with Crippen molar-refractivity contribution in [2.45, 2.75) is 52.2 Å². The van der Waals surface area contributed by atoms with Crippen molar-refractivity contribution >= 4 is 31.4 Å². The second-order valence-electron chi connectivity index (χ2n) is 9.44. The molecule has 43 heavy (non-hydrogen) atoms. The Balaban J connectivity index is 0.00000924. The van der Waals surface area contributed by atoms with Crippen LogP contribution >= 0.6 is 7.75 Å². The van der Waals surface area contributed by atoms with Gasteiger partial charge in [0.2, 0.25) is 11.8 Å². The molecule has 0 radical (unpaired) electrons. The molecule has 0 aliphatic heterocycles. The minimum Gasteiger partial charge on any atom is -0.860 e. The Morgan fingerprint density at radius 3 is 2.26 bits per heavy atom. The average Bonchev–Trinajstić information content (AvgIpc) is 2.96. The van der Waals surface area contributed by atoms with Crippen LogP contribution in [0.2, 0.25) is 0 Å². The molecule has 2 rings (SSSR count). The van der Waals surface area contributed by atoms with Crippen molar-refractivity contribution in [1.29, 1.82) is 0 Å². The summed E-state index contributed by atoms with van der Waals surface area (Å²) < 4.78 is 22.7. The number of aliphatic imine (C=N–C) groups is 1. The van der Waals surface area contributed by atoms with E-state index in [1.807, 2.05) is 30.3 Å². The third kappa shape index (κ3) is 14.9. The summed E-state index contributed by atoms with van der Waals surface area (Å²) >= 11 is 0. The standard InChI is InChI=1S/C28H39N4O9P.K/c1-4-19(3)26(32-42(38,39)41-5-2)28(37)31-23(27(36)30-17-25(34)35)15-20-11-13-22(14-12-20)40-18-24(33)29-16-21-9-7-6-8-10-21;/h6-14,19,23,26H,4-5,15-18H2,1-3H3,(H,29,33)(H,30,36)(H,31,37)(H,34,35)(H2,32,38,39);/q;+1/p-1/t19-,23-,26-;/m0./s1. The van der Waals surface area contributed by atoms with Gasteiger partial charge in [0.1, 0.15) is 24.9 Å². The van der Waals surface area contributed by atoms with Crippen molar-refractivity contribution in [1.82, 2.24) is 15.7 Å². The molecule has 2 aromatic carbocycles. The summed E-state index contributed by atoms with van der Waals surface area (Å²) in [4.78, 5) is 51.0. The number of carboxylic acids is 1. The van der Waals surface area contributed by atoms with Gasteiger partial charge in [-0.05, 0) is 42.0 Å². The first-order valence-corrected chi connectivity index (χ1v) is 15.0. The summed E-state index contributed by atoms with van der Waals surface area (Å²) in [5.74, 6) is -3.21. The summed E-state index contributed by atoms with van der Waals surface area (Å²) in [6.07, 6.45) is 0.439. The van der Waals surface area contributed by atoms with E-state index in [1.165, 1.54) is 6.92 Å². The minimum atomic E-state index is -4.30. The van der Waals surface area contributed by atoms with E-state index in [4.69, 9.17) is 14.4 Å². The smallest absolute Gasteiger partial charge is 0.860 e. The molecule has 2 amide bonds. The van der Waals surface area contributed by atoms with E-state index < -0.39 is 56.0 Å². The molecular formula is C28H38KN4O9P. The molecule has 1 unspecified atom stereocenters. The fraction of sp³-hybridized carbons (Fsp3) is 0.429. The number of hydrogen-bond acceptors (Lipinski definition) is 8. The number of hydrogen-bond donors (Lipinski definition) is 5. The predicted octanol–water partition coefficient (Wildman–Crippen LogP) is -1.60. The molecule has 0 spiro atoms. The molecule has 4 atom stereocenters. The average molecular weight is 645 g/mol. The maximum Gasteiger partial charge on any atom is 1.00 e. The fourth-order valence-electron chi connectivity index (χ4n) is 3.74. The van der Waals surface area contributed by atoms with Gasteiger partial charge in [0.15, 0.2) is 0 Å². The van der Waals surface area contributed by atoms with Gasteiger partial charge in [0.25, 0.3) is 0 Å². The third-order valence-corrected chi connectivity index (χ3v) is 7.37. The third-order valence-electron chi connectivity index (χ3n) is 6.15. The number of rotatable bonds is 18. The van der Waals surface area contributed by atoms with E-state index in [9.17, 15) is 28.9 Å². The summed E-state index contributed by atoms with van der Waals surface area (Å²) in [7, 11) is -4.30. The van der Waals surface area contributed by atoms with Crippen molar-refractivity contribution in [3.8, 4) is 5.75 Å². The molecule has 0 aromatic heterocycles. The fourth-order valence-corrected chi connectivity index (χ4v) is 4.88. The first kappa shape index (κ1) is 38.9. The van der Waals surface area contributed by atoms with E-state index in [1.54, 1.807) is 38.1 Å². The summed E-state index contributed by atoms with van der Waals surface area (Å²) in [5, 5.41) is 28.2. The van der Waals surface area contributed by atoms with Crippen LogP contribution in [0.5, 0.6) is 5.75 Å². The van der Waals surface area contributed by atoms with Crippen LogP contribution in [0.25, 0.3) is 0 Å². The first-order chi connectivity index (χ1) is 19.9. The van der Waals surface area contributed by atoms with Gasteiger partial charge >= 0.3 is 65.1 Å². The van der Waals surface area contributed by atoms with Crippen LogP contribution in [-0.4, -0.2) is 65.5 Å². The first-order valence-electron chi connectivity index (χ1n) is 13.4. The molecule has 0 bridgehead atoms. The SMILES string of the molecule is CCOP(=O)(O)N[C@H](C(=O)N[C@@H](Cc1ccc(OCC([O-])=NCc2ccccc2)cc1)C(=O)NCC(=O)O)[C@@H](C)CC.[K+]. The Hall–Kier alpha value is -2.13. The van der Waals surface area contributed by atoms with E-state index in [2.05, 4.69) is 20.7 Å². The van der Waals surface area contributed by atoms with Crippen LogP contribution in [0, 0.1) is 5.92 Å². The Morgan fingerprint density at radius 1 is 1.02 bits per heavy atom. The molecular weight excluding hydrogens is 606 g/mol. The Kier molecular flexibility index (Phi) is 18.1. The van der Waals surface area contributed by atoms with Crippen LogP contribution in [0.4, 0.5) is 0 Å². The number of nitrogens with zero attached hydrogens (tertiary/aromatic N) is 1. The molecule has 0 saturated heterocycles. The Morgan fingerprint density at radius 2 is 1.67 bits per heavy atom. The van der Waals surface area contributed by atoms with E-state index >= 15 is 0 Å². The zero-order chi connectivity index (χ0) is 31.1. The molecule has 13 nitrogen and oxygen atoms in total. The number of benzene rings is 2. The van der Waals surface area contributed by atoms with Crippen molar-refractivity contribution in [3.05, 3.63) is 65.7 Å². The molecule has 0 aliphatic rings. The summed E-state index contributed by atoms with van der Waals surface area (Å²) in [6, 6.07) is 13.4. The second-order valence-corrected chi connectivity index (χ2v) is 11.0. The van der Waals surface area contributed by atoms with Crippen LogP contribution < -0.4 is 76.9 Å². The zero-order valence-corrected chi connectivity index (χ0v) is 28.8. The number of amides is 2. The van der Waals surface area contributed by atoms with E-state index in [-0.39, 0.29) is 77.6 Å². The normalized spacial score (nSPS) is 14.7. The van der Waals surface area contributed by atoms with Crippen molar-refractivity contribution in [2.24, 2.45) is 10.9 Å². The number of carbonyl (C=O) groups is 3. The maximum absolute atomic E-state index is 13.2. The molecule has 15 heteroatoms. The van der Waals surface area contributed by atoms with E-state index in [0.29, 0.717) is 17.7 Å². The Labute approximate surface area is 293 Å². The van der Waals surface area contributed by atoms with Crippen LogP contribution in [0.15, 0.2) is 59.6 Å². The van der Waals surface area contributed by atoms with Gasteiger partial charge in [0.05, 0.1) is 19.2 Å². The number of carbonyl (C=O) groups excluding carboxylic acids is 2. The van der Waals surface area contributed by atoms with Gasteiger partial charge < -0.3 is 30.5 Å². The second kappa shape index (κ2) is 20.0. The van der Waals surface area contributed by atoms with E-state index in [0.717, 1.165) is 5.56 Å². The van der Waals surface area contributed by atoms with Crippen LogP contribution in [0.3, 0.4) is 0 Å². The van der Waals surface area contributed by atoms with Crippen LogP contribution in [0.1, 0.15) is 38.3 Å². The minimum absolute atomic E-state index is 0. The van der Waals surface area contributed by atoms with Gasteiger partial charge in [-0.15, -0.1) is 0 Å². The molecule has 0 aliphatic carbocycles. The molecule has 0 fully saturated rings. The van der Waals surface area contributed by atoms with Crippen molar-refractivity contribution in [2.75, 3.05) is 19.8 Å². The van der Waals surface area contributed by atoms with Gasteiger partial charge in [-0.3, -0.25) is 23.9 Å². The molecule has 5 N–H and O–H groups in total. The predicted molar refractivity (Wildman–Crippen MR) is 154 cm³/mol. The van der Waals surface area contributed by atoms with Crippen molar-refractivity contribution in [3.63, 3.8) is 0 Å². The molecule has 0 saturated carbocycles. The Bertz CT molecular complexity index is 1250. The topological polar surface area (TPSA) is 199 Å². The molecule has 0 heterocycles. The number of aliphatic carboxylic acids is 1. The quantitative estimate of drug-likeness (QED) is 0.0545. The summed E-state index contributed by atoms with van der Waals surface area (Å²) in [6.45, 7) is 4.27.